The van der Waals surface area contributed by atoms with E-state index < -0.39 is 11.5 Å². The van der Waals surface area contributed by atoms with Crippen LogP contribution in [0.5, 0.6) is 0 Å². The molecule has 0 saturated heterocycles. The van der Waals surface area contributed by atoms with E-state index in [4.69, 9.17) is 11.6 Å². The van der Waals surface area contributed by atoms with Crippen LogP contribution in [0.15, 0.2) is 121 Å². The van der Waals surface area contributed by atoms with Crippen molar-refractivity contribution in [1.82, 2.24) is 0 Å². The van der Waals surface area contributed by atoms with Gasteiger partial charge in [0.2, 0.25) is 0 Å². The Kier molecular flexibility index (Phi) is 6.32. The Bertz CT molecular complexity index is 1590. The Hall–Kier alpha value is -3.88. The van der Waals surface area contributed by atoms with Gasteiger partial charge in [-0.15, -0.1) is 0 Å². The summed E-state index contributed by atoms with van der Waals surface area (Å²) in [5.74, 6) is -0.324. The topological polar surface area (TPSA) is 20.3 Å². The summed E-state index contributed by atoms with van der Waals surface area (Å²) in [6.45, 7) is 4.59. The maximum Gasteiger partial charge on any atom is 0.173 e. The van der Waals surface area contributed by atoms with Gasteiger partial charge in [0, 0.05) is 28.7 Å². The van der Waals surface area contributed by atoms with Crippen LogP contribution in [0.2, 0.25) is 5.02 Å². The molecule has 3 heteroatoms. The third kappa shape index (κ3) is 3.81. The van der Waals surface area contributed by atoms with Crippen LogP contribution in [0, 0.1) is 5.92 Å². The van der Waals surface area contributed by atoms with Crippen molar-refractivity contribution in [3.8, 4) is 0 Å². The van der Waals surface area contributed by atoms with Crippen molar-refractivity contribution >= 4 is 34.2 Å². The van der Waals surface area contributed by atoms with E-state index in [0.29, 0.717) is 5.02 Å². The second kappa shape index (κ2) is 9.70. The average molecular weight is 530 g/mol. The van der Waals surface area contributed by atoms with Gasteiger partial charge >= 0.3 is 0 Å². The lowest BCUT2D eigenvalue weighted by Gasteiger charge is -2.53. The number of nitrogens with zero attached hydrogens (tertiary/aromatic N) is 1. The molecule has 3 atom stereocenters. The lowest BCUT2D eigenvalue weighted by atomic mass is 9.55. The third-order valence-corrected chi connectivity index (χ3v) is 9.30. The molecule has 0 radical (unpaired) electrons. The number of hydrogen-bond donors (Lipinski definition) is 0. The van der Waals surface area contributed by atoms with Crippen LogP contribution in [0.4, 0.5) is 5.69 Å². The fourth-order valence-electron chi connectivity index (χ4n) is 6.91. The number of rotatable bonds is 5. The molecule has 0 aromatic heterocycles. The third-order valence-electron chi connectivity index (χ3n) is 9.05. The van der Waals surface area contributed by atoms with E-state index in [9.17, 15) is 4.79 Å². The van der Waals surface area contributed by atoms with Gasteiger partial charge in [-0.1, -0.05) is 116 Å². The molecule has 4 aromatic rings. The second-order valence-electron chi connectivity index (χ2n) is 10.8. The first-order chi connectivity index (χ1) is 18.9. The highest BCUT2D eigenvalue weighted by Crippen LogP contribution is 2.61. The van der Waals surface area contributed by atoms with Gasteiger partial charge in [-0.05, 0) is 64.6 Å². The minimum Gasteiger partial charge on any atom is -0.363 e. The lowest BCUT2D eigenvalue weighted by Crippen LogP contribution is -2.62. The fourth-order valence-corrected chi connectivity index (χ4v) is 7.04. The van der Waals surface area contributed by atoms with Crippen LogP contribution in [0.25, 0.3) is 11.1 Å². The largest absolute Gasteiger partial charge is 0.363 e. The Morgan fingerprint density at radius 3 is 2.10 bits per heavy atom. The predicted octanol–water partition coefficient (Wildman–Crippen LogP) is 8.88. The van der Waals surface area contributed by atoms with Crippen molar-refractivity contribution < 1.29 is 4.79 Å². The van der Waals surface area contributed by atoms with E-state index in [0.717, 1.165) is 34.3 Å². The summed E-state index contributed by atoms with van der Waals surface area (Å²) in [4.78, 5) is 17.2. The van der Waals surface area contributed by atoms with Crippen LogP contribution < -0.4 is 4.90 Å². The van der Waals surface area contributed by atoms with Crippen LogP contribution in [-0.2, 0) is 5.41 Å². The van der Waals surface area contributed by atoms with Gasteiger partial charge in [0.15, 0.2) is 5.78 Å². The Labute approximate surface area is 236 Å². The summed E-state index contributed by atoms with van der Waals surface area (Å²) in [7, 11) is 2.16. The number of fused-ring (bicyclic) bond motifs is 1. The monoisotopic (exact) mass is 529 g/mol. The van der Waals surface area contributed by atoms with E-state index in [2.05, 4.69) is 86.5 Å². The summed E-state index contributed by atoms with van der Waals surface area (Å²) in [6, 6.07) is 36.8. The highest BCUT2D eigenvalue weighted by Gasteiger charge is 2.63. The van der Waals surface area contributed by atoms with Crippen molar-refractivity contribution in [1.29, 1.82) is 0 Å². The predicted molar refractivity (Wildman–Crippen MR) is 163 cm³/mol. The summed E-state index contributed by atoms with van der Waals surface area (Å²) < 4.78 is 0. The van der Waals surface area contributed by atoms with Crippen molar-refractivity contribution in [2.75, 3.05) is 11.9 Å². The summed E-state index contributed by atoms with van der Waals surface area (Å²) in [5.41, 5.74) is 6.48. The van der Waals surface area contributed by atoms with Crippen LogP contribution in [0.3, 0.4) is 0 Å². The van der Waals surface area contributed by atoms with Crippen molar-refractivity contribution in [3.05, 3.63) is 149 Å². The van der Waals surface area contributed by atoms with E-state index in [1.54, 1.807) is 0 Å². The molecule has 2 nitrogen and oxygen atoms in total. The Morgan fingerprint density at radius 1 is 0.821 bits per heavy atom. The van der Waals surface area contributed by atoms with E-state index in [-0.39, 0.29) is 11.2 Å². The normalized spacial score (nSPS) is 23.8. The molecule has 2 aliphatic rings. The average Bonchev–Trinajstić information content (AvgIpc) is 3.17. The minimum atomic E-state index is -0.646. The number of likely N-dealkylation sites (N-methyl/N-ethyl adjacent to an activating group) is 1. The molecule has 0 N–H and O–H groups in total. The Balaban J connectivity index is 1.70. The second-order valence-corrected chi connectivity index (χ2v) is 11.3. The summed E-state index contributed by atoms with van der Waals surface area (Å²) in [6.07, 6.45) is 5.48. The zero-order valence-electron chi connectivity index (χ0n) is 22.6. The van der Waals surface area contributed by atoms with Gasteiger partial charge in [-0.2, -0.15) is 0 Å². The van der Waals surface area contributed by atoms with Crippen LogP contribution >= 0.6 is 11.6 Å². The molecule has 194 valence electrons. The molecule has 0 fully saturated rings. The number of anilines is 1. The lowest BCUT2D eigenvalue weighted by molar-refractivity contribution is 0.0877. The molecule has 0 bridgehead atoms. The molecular formula is C36H32ClNO. The number of allylic oxidation sites excluding steroid dienone is 2. The molecular weight excluding hydrogens is 498 g/mol. The molecule has 1 heterocycles. The van der Waals surface area contributed by atoms with Crippen molar-refractivity contribution in [2.24, 2.45) is 5.92 Å². The number of para-hydroxylation sites is 1. The molecule has 6 rings (SSSR count). The van der Waals surface area contributed by atoms with Gasteiger partial charge in [-0.25, -0.2) is 0 Å². The number of halogens is 1. The van der Waals surface area contributed by atoms with Crippen molar-refractivity contribution in [2.45, 2.75) is 31.2 Å². The minimum absolute atomic E-state index is 0.125. The van der Waals surface area contributed by atoms with Gasteiger partial charge in [0.05, 0.1) is 11.5 Å². The Morgan fingerprint density at radius 2 is 1.44 bits per heavy atom. The van der Waals surface area contributed by atoms with Crippen molar-refractivity contribution in [3.63, 3.8) is 0 Å². The molecule has 0 saturated carbocycles. The van der Waals surface area contributed by atoms with Gasteiger partial charge < -0.3 is 4.90 Å². The van der Waals surface area contributed by atoms with Gasteiger partial charge in [-0.3, -0.25) is 4.79 Å². The van der Waals surface area contributed by atoms with Crippen LogP contribution in [-0.4, -0.2) is 18.4 Å². The standard InChI is InChI=1S/C36H32ClNO/c1-4-35(2)31-17-11-12-18-32(31)38(3)36(35)24-28(25-13-7-5-8-14-25)23-30(26-19-21-29(37)22-20-26)33(36)34(39)27-15-9-6-10-16-27/h5-24,33H,4H2,1-3H3/t33-,35-,36-/m0/s1. The first kappa shape index (κ1) is 25.4. The fraction of sp³-hybridized carbons (Fsp3) is 0.194. The molecule has 1 spiro atoms. The first-order valence-electron chi connectivity index (χ1n) is 13.6. The zero-order chi connectivity index (χ0) is 27.2. The van der Waals surface area contributed by atoms with Gasteiger partial charge in [0.1, 0.15) is 0 Å². The highest BCUT2D eigenvalue weighted by molar-refractivity contribution is 6.30. The highest BCUT2D eigenvalue weighted by atomic mass is 35.5. The number of carbonyl (C=O) groups is 1. The zero-order valence-corrected chi connectivity index (χ0v) is 23.3. The maximum atomic E-state index is 14.8. The summed E-state index contributed by atoms with van der Waals surface area (Å²) in [5, 5.41) is 0.679. The maximum absolute atomic E-state index is 14.8. The molecule has 0 amide bonds. The van der Waals surface area contributed by atoms with E-state index in [1.807, 2.05) is 60.7 Å². The van der Waals surface area contributed by atoms with E-state index in [1.165, 1.54) is 11.3 Å². The SMILES string of the molecule is CC[C@@]1(C)c2ccccc2N(C)[C@]12C=C(c1ccccc1)C=C(c1ccc(Cl)cc1)[C@H]2C(=O)c1ccccc1. The molecule has 1 aliphatic heterocycles. The number of benzene rings is 4. The number of Topliss-reactive ketones (excluding diaryl/α,β-unsaturated/α-hetero) is 1. The summed E-state index contributed by atoms with van der Waals surface area (Å²) >= 11 is 6.34. The smallest absolute Gasteiger partial charge is 0.173 e. The number of hydrogen-bond acceptors (Lipinski definition) is 2. The molecule has 1 aliphatic carbocycles. The molecule has 39 heavy (non-hydrogen) atoms. The molecule has 0 unspecified atom stereocenters. The van der Waals surface area contributed by atoms with Crippen LogP contribution in [0.1, 0.15) is 47.3 Å². The number of ketones is 1. The quantitative estimate of drug-likeness (QED) is 0.240. The first-order valence-corrected chi connectivity index (χ1v) is 14.0. The molecule has 4 aromatic carbocycles. The van der Waals surface area contributed by atoms with Gasteiger partial charge in [0.25, 0.3) is 0 Å². The van der Waals surface area contributed by atoms with E-state index >= 15 is 0 Å². The number of carbonyl (C=O) groups excluding carboxylic acids is 1.